The SMILES string of the molecule is Cc1noc(C2CN(C(=O)c3ccc(Br)o3)CC2CO)n1. The second-order valence-corrected chi connectivity index (χ2v) is 5.82. The highest BCUT2D eigenvalue weighted by Gasteiger charge is 2.39. The number of aromatic nitrogens is 2. The summed E-state index contributed by atoms with van der Waals surface area (Å²) in [7, 11) is 0. The zero-order chi connectivity index (χ0) is 15.0. The molecule has 112 valence electrons. The van der Waals surface area contributed by atoms with Gasteiger partial charge >= 0.3 is 0 Å². The van der Waals surface area contributed by atoms with Crippen molar-refractivity contribution in [2.24, 2.45) is 5.92 Å². The maximum Gasteiger partial charge on any atom is 0.289 e. The van der Waals surface area contributed by atoms with Gasteiger partial charge in [-0.05, 0) is 35.0 Å². The lowest BCUT2D eigenvalue weighted by Gasteiger charge is -2.13. The summed E-state index contributed by atoms with van der Waals surface area (Å²) in [6.45, 7) is 2.54. The molecule has 0 aromatic carbocycles. The molecule has 1 aliphatic rings. The van der Waals surface area contributed by atoms with E-state index in [9.17, 15) is 9.90 Å². The van der Waals surface area contributed by atoms with Crippen LogP contribution in [-0.4, -0.2) is 45.8 Å². The van der Waals surface area contributed by atoms with Crippen molar-refractivity contribution in [2.75, 3.05) is 19.7 Å². The van der Waals surface area contributed by atoms with Crippen molar-refractivity contribution in [1.82, 2.24) is 15.0 Å². The molecule has 2 atom stereocenters. The second-order valence-electron chi connectivity index (χ2n) is 5.04. The van der Waals surface area contributed by atoms with Crippen LogP contribution in [0, 0.1) is 12.8 Å². The molecule has 2 unspecified atom stereocenters. The van der Waals surface area contributed by atoms with Crippen LogP contribution in [0.3, 0.4) is 0 Å². The molecule has 0 radical (unpaired) electrons. The van der Waals surface area contributed by atoms with Crippen molar-refractivity contribution in [2.45, 2.75) is 12.8 Å². The largest absolute Gasteiger partial charge is 0.444 e. The van der Waals surface area contributed by atoms with Crippen molar-refractivity contribution < 1.29 is 18.8 Å². The summed E-state index contributed by atoms with van der Waals surface area (Å²) in [6.07, 6.45) is 0. The molecule has 21 heavy (non-hydrogen) atoms. The zero-order valence-electron chi connectivity index (χ0n) is 11.3. The average molecular weight is 356 g/mol. The standard InChI is InChI=1S/C13H14BrN3O4/c1-7-15-12(21-16-7)9-5-17(4-8(9)6-18)13(19)10-2-3-11(14)20-10/h2-3,8-9,18H,4-6H2,1H3. The topological polar surface area (TPSA) is 92.6 Å². The van der Waals surface area contributed by atoms with Crippen molar-refractivity contribution in [3.8, 4) is 0 Å². The lowest BCUT2D eigenvalue weighted by Crippen LogP contribution is -2.28. The van der Waals surface area contributed by atoms with E-state index in [-0.39, 0.29) is 30.1 Å². The Bertz CT molecular complexity index is 653. The van der Waals surface area contributed by atoms with Crippen molar-refractivity contribution >= 4 is 21.8 Å². The number of likely N-dealkylation sites (tertiary alicyclic amines) is 1. The minimum atomic E-state index is -0.210. The Morgan fingerprint density at radius 3 is 2.90 bits per heavy atom. The van der Waals surface area contributed by atoms with Gasteiger partial charge in [0.05, 0.1) is 5.92 Å². The highest BCUT2D eigenvalue weighted by Crippen LogP contribution is 2.32. The first-order chi connectivity index (χ1) is 10.1. The van der Waals surface area contributed by atoms with Gasteiger partial charge in [0, 0.05) is 25.6 Å². The predicted molar refractivity (Wildman–Crippen MR) is 74.7 cm³/mol. The van der Waals surface area contributed by atoms with E-state index in [1.165, 1.54) is 0 Å². The van der Waals surface area contributed by atoms with Crippen LogP contribution in [0.4, 0.5) is 0 Å². The van der Waals surface area contributed by atoms with Crippen LogP contribution in [0.5, 0.6) is 0 Å². The van der Waals surface area contributed by atoms with Gasteiger partial charge in [-0.1, -0.05) is 5.16 Å². The highest BCUT2D eigenvalue weighted by molar-refractivity contribution is 9.10. The van der Waals surface area contributed by atoms with Crippen molar-refractivity contribution in [1.29, 1.82) is 0 Å². The van der Waals surface area contributed by atoms with Gasteiger partial charge < -0.3 is 18.9 Å². The summed E-state index contributed by atoms with van der Waals surface area (Å²) in [5, 5.41) is 13.3. The number of hydrogen-bond donors (Lipinski definition) is 1. The maximum atomic E-state index is 12.4. The van der Waals surface area contributed by atoms with Crippen LogP contribution < -0.4 is 0 Å². The average Bonchev–Trinajstić information content (AvgIpc) is 3.16. The molecule has 3 rings (SSSR count). The smallest absolute Gasteiger partial charge is 0.289 e. The van der Waals surface area contributed by atoms with Crippen LogP contribution in [0.25, 0.3) is 0 Å². The number of aliphatic hydroxyl groups is 1. The van der Waals surface area contributed by atoms with Crippen LogP contribution >= 0.6 is 15.9 Å². The molecule has 1 fully saturated rings. The lowest BCUT2D eigenvalue weighted by atomic mass is 9.97. The number of carbonyl (C=O) groups is 1. The van der Waals surface area contributed by atoms with Crippen molar-refractivity contribution in [3.05, 3.63) is 34.3 Å². The third kappa shape index (κ3) is 2.73. The Balaban J connectivity index is 1.79. The molecule has 1 aliphatic heterocycles. The summed E-state index contributed by atoms with van der Waals surface area (Å²) in [5.74, 6) is 0.786. The minimum Gasteiger partial charge on any atom is -0.444 e. The predicted octanol–water partition coefficient (Wildman–Crippen LogP) is 1.58. The van der Waals surface area contributed by atoms with Gasteiger partial charge in [0.15, 0.2) is 16.3 Å². The normalized spacial score (nSPS) is 22.0. The summed E-state index contributed by atoms with van der Waals surface area (Å²) in [4.78, 5) is 18.2. The fourth-order valence-corrected chi connectivity index (χ4v) is 2.86. The lowest BCUT2D eigenvalue weighted by molar-refractivity contribution is 0.0748. The van der Waals surface area contributed by atoms with Crippen LogP contribution in [0.15, 0.2) is 25.7 Å². The Hall–Kier alpha value is -1.67. The summed E-state index contributed by atoms with van der Waals surface area (Å²) in [5.41, 5.74) is 0. The van der Waals surface area contributed by atoms with Gasteiger partial charge in [-0.15, -0.1) is 0 Å². The molecule has 1 saturated heterocycles. The number of carbonyl (C=O) groups excluding carboxylic acids is 1. The molecule has 1 amide bonds. The van der Waals surface area contributed by atoms with Crippen LogP contribution in [0.1, 0.15) is 28.2 Å². The first-order valence-electron chi connectivity index (χ1n) is 6.54. The van der Waals surface area contributed by atoms with Crippen molar-refractivity contribution in [3.63, 3.8) is 0 Å². The third-order valence-electron chi connectivity index (χ3n) is 3.61. The van der Waals surface area contributed by atoms with Gasteiger partial charge in [-0.3, -0.25) is 4.79 Å². The number of rotatable bonds is 3. The minimum absolute atomic E-state index is 0.0439. The Morgan fingerprint density at radius 1 is 1.52 bits per heavy atom. The van der Waals surface area contributed by atoms with E-state index < -0.39 is 0 Å². The number of aliphatic hydroxyl groups excluding tert-OH is 1. The molecule has 0 saturated carbocycles. The van der Waals surface area contributed by atoms with Gasteiger partial charge in [-0.25, -0.2) is 0 Å². The molecular weight excluding hydrogens is 342 g/mol. The first-order valence-corrected chi connectivity index (χ1v) is 7.33. The molecule has 0 spiro atoms. The van der Waals surface area contributed by atoms with Crippen LogP contribution in [0.2, 0.25) is 0 Å². The molecule has 3 heterocycles. The van der Waals surface area contributed by atoms with E-state index in [0.717, 1.165) is 0 Å². The number of hydrogen-bond acceptors (Lipinski definition) is 6. The zero-order valence-corrected chi connectivity index (χ0v) is 12.9. The molecule has 2 aromatic heterocycles. The summed E-state index contributed by atoms with van der Waals surface area (Å²) >= 11 is 3.18. The molecule has 1 N–H and O–H groups in total. The summed E-state index contributed by atoms with van der Waals surface area (Å²) in [6, 6.07) is 3.29. The van der Waals surface area contributed by atoms with E-state index in [4.69, 9.17) is 8.94 Å². The molecule has 2 aromatic rings. The van der Waals surface area contributed by atoms with Gasteiger partial charge in [0.25, 0.3) is 5.91 Å². The van der Waals surface area contributed by atoms with E-state index in [2.05, 4.69) is 26.1 Å². The summed E-state index contributed by atoms with van der Waals surface area (Å²) < 4.78 is 11.0. The monoisotopic (exact) mass is 355 g/mol. The maximum absolute atomic E-state index is 12.4. The third-order valence-corrected chi connectivity index (χ3v) is 4.03. The number of aryl methyl sites for hydroxylation is 1. The fourth-order valence-electron chi connectivity index (χ4n) is 2.55. The molecular formula is C13H14BrN3O4. The number of furan rings is 1. The molecule has 7 nitrogen and oxygen atoms in total. The van der Waals surface area contributed by atoms with E-state index in [0.29, 0.717) is 29.5 Å². The Kier molecular flexibility index (Phi) is 3.81. The number of halogens is 1. The highest BCUT2D eigenvalue weighted by atomic mass is 79.9. The Labute approximate surface area is 129 Å². The number of nitrogens with zero attached hydrogens (tertiary/aromatic N) is 3. The Morgan fingerprint density at radius 2 is 2.33 bits per heavy atom. The number of amides is 1. The molecule has 0 aliphatic carbocycles. The van der Waals surface area contributed by atoms with Gasteiger partial charge in [0.1, 0.15) is 0 Å². The van der Waals surface area contributed by atoms with E-state index >= 15 is 0 Å². The quantitative estimate of drug-likeness (QED) is 0.898. The first kappa shape index (κ1) is 14.3. The van der Waals surface area contributed by atoms with E-state index in [1.807, 2.05) is 0 Å². The van der Waals surface area contributed by atoms with E-state index in [1.54, 1.807) is 24.0 Å². The molecule has 8 heteroatoms. The van der Waals surface area contributed by atoms with Crippen LogP contribution in [-0.2, 0) is 0 Å². The van der Waals surface area contributed by atoms with Gasteiger partial charge in [-0.2, -0.15) is 4.98 Å². The molecule has 0 bridgehead atoms. The fraction of sp³-hybridized carbons (Fsp3) is 0.462. The second kappa shape index (κ2) is 5.61. The van der Waals surface area contributed by atoms with Gasteiger partial charge in [0.2, 0.25) is 5.89 Å².